The smallest absolute Gasteiger partial charge is 0.345 e. The number of nitrogens with zero attached hydrogens (tertiary/aromatic N) is 2. The molecule has 102 valence electrons. The molecule has 0 aromatic rings. The second-order valence-electron chi connectivity index (χ2n) is 3.74. The lowest BCUT2D eigenvalue weighted by molar-refractivity contribution is -0.132. The number of hydrogen-bond donors (Lipinski definition) is 1. The van der Waals surface area contributed by atoms with Crippen molar-refractivity contribution in [1.29, 1.82) is 5.26 Å². The van der Waals surface area contributed by atoms with Crippen LogP contribution in [0, 0.1) is 16.2 Å². The maximum atomic E-state index is 9.63. The highest BCUT2D eigenvalue weighted by atomic mass is 16.7. The van der Waals surface area contributed by atoms with E-state index in [0.717, 1.165) is 12.8 Å². The van der Waals surface area contributed by atoms with Gasteiger partial charge in [0.25, 0.3) is 0 Å². The van der Waals surface area contributed by atoms with Crippen molar-refractivity contribution in [3.8, 4) is 6.07 Å². The zero-order valence-corrected chi connectivity index (χ0v) is 10.9. The summed E-state index contributed by atoms with van der Waals surface area (Å²) in [6, 6.07) is 1.37. The quantitative estimate of drug-likeness (QED) is 0.236. The summed E-state index contributed by atoms with van der Waals surface area (Å²) < 4.78 is 0. The molecule has 6 nitrogen and oxygen atoms in total. The Morgan fingerprint density at radius 2 is 2.11 bits per heavy atom. The molecule has 1 unspecified atom stereocenters. The number of rotatable bonds is 8. The van der Waals surface area contributed by atoms with Crippen LogP contribution in [-0.4, -0.2) is 17.2 Å². The van der Waals surface area contributed by atoms with Crippen LogP contribution in [0.25, 0.3) is 0 Å². The molecular formula is C12H20N2O4. The fraction of sp³-hybridized carbons (Fsp3) is 0.667. The second-order valence-corrected chi connectivity index (χ2v) is 3.74. The molecule has 0 radical (unpaired) electrons. The molecule has 6 heteroatoms. The van der Waals surface area contributed by atoms with Gasteiger partial charge in [-0.15, -0.1) is 4.91 Å². The van der Waals surface area contributed by atoms with E-state index in [0.29, 0.717) is 0 Å². The third-order valence-electron chi connectivity index (χ3n) is 2.08. The van der Waals surface area contributed by atoms with Gasteiger partial charge in [-0.3, -0.25) is 0 Å². The van der Waals surface area contributed by atoms with Crippen LogP contribution in [0.2, 0.25) is 0 Å². The highest BCUT2D eigenvalue weighted by Crippen LogP contribution is 2.07. The van der Waals surface area contributed by atoms with Gasteiger partial charge in [0.05, 0.1) is 0 Å². The average Bonchev–Trinajstić information content (AvgIpc) is 2.34. The van der Waals surface area contributed by atoms with Gasteiger partial charge in [0.15, 0.2) is 5.34 Å². The van der Waals surface area contributed by atoms with Gasteiger partial charge in [-0.25, -0.2) is 4.79 Å². The Labute approximate surface area is 107 Å². The zero-order valence-electron chi connectivity index (χ0n) is 10.9. The number of carboxylic acids is 1. The van der Waals surface area contributed by atoms with Gasteiger partial charge < -0.3 is 9.94 Å². The van der Waals surface area contributed by atoms with Crippen LogP contribution in [0.15, 0.2) is 17.5 Å². The molecule has 0 bridgehead atoms. The molecule has 0 heterocycles. The monoisotopic (exact) mass is 256 g/mol. The van der Waals surface area contributed by atoms with Crippen LogP contribution >= 0.6 is 0 Å². The third kappa shape index (κ3) is 14.1. The van der Waals surface area contributed by atoms with Crippen LogP contribution in [0.5, 0.6) is 0 Å². The van der Waals surface area contributed by atoms with Crippen molar-refractivity contribution < 1.29 is 14.7 Å². The summed E-state index contributed by atoms with van der Waals surface area (Å²) in [5.74, 6) is -1.26. The SMILES string of the molecule is C=C(C#N)C(=O)O.CCCCCCC(C)ON=O. The lowest BCUT2D eigenvalue weighted by Crippen LogP contribution is -2.02. The van der Waals surface area contributed by atoms with E-state index in [1.54, 1.807) is 0 Å². The molecule has 0 amide bonds. The molecule has 0 aromatic heterocycles. The van der Waals surface area contributed by atoms with Crippen LogP contribution in [0.4, 0.5) is 0 Å². The molecule has 0 aliphatic carbocycles. The van der Waals surface area contributed by atoms with Gasteiger partial charge in [0, 0.05) is 0 Å². The highest BCUT2D eigenvalue weighted by Gasteiger charge is 2.01. The van der Waals surface area contributed by atoms with E-state index in [2.05, 4.69) is 23.7 Å². The summed E-state index contributed by atoms with van der Waals surface area (Å²) >= 11 is 0. The minimum atomic E-state index is -1.26. The largest absolute Gasteiger partial charge is 0.477 e. The minimum absolute atomic E-state index is 0.00986. The predicted molar refractivity (Wildman–Crippen MR) is 67.5 cm³/mol. The number of carbonyl (C=O) groups is 1. The van der Waals surface area contributed by atoms with E-state index in [9.17, 15) is 9.70 Å². The van der Waals surface area contributed by atoms with E-state index in [1.807, 2.05) is 6.92 Å². The van der Waals surface area contributed by atoms with Crippen LogP contribution in [-0.2, 0) is 9.63 Å². The first-order chi connectivity index (χ1) is 8.49. The van der Waals surface area contributed by atoms with Gasteiger partial charge in [0.1, 0.15) is 17.7 Å². The zero-order chi connectivity index (χ0) is 14.4. The van der Waals surface area contributed by atoms with Gasteiger partial charge >= 0.3 is 5.97 Å². The summed E-state index contributed by atoms with van der Waals surface area (Å²) in [7, 11) is 0. The molecule has 18 heavy (non-hydrogen) atoms. The van der Waals surface area contributed by atoms with Gasteiger partial charge in [-0.05, 0) is 19.8 Å². The molecule has 0 aliphatic rings. The molecule has 0 fully saturated rings. The Kier molecular flexibility index (Phi) is 13.5. The predicted octanol–water partition coefficient (Wildman–Crippen LogP) is 3.19. The molecule has 0 aliphatic heterocycles. The number of aliphatic carboxylic acids is 1. The van der Waals surface area contributed by atoms with Gasteiger partial charge in [-0.1, -0.05) is 32.8 Å². The van der Waals surface area contributed by atoms with Crippen molar-refractivity contribution in [2.45, 2.75) is 52.1 Å². The van der Waals surface area contributed by atoms with Crippen LogP contribution in [0.3, 0.4) is 0 Å². The molecular weight excluding hydrogens is 236 g/mol. The van der Waals surface area contributed by atoms with Crippen molar-refractivity contribution in [2.24, 2.45) is 5.34 Å². The van der Waals surface area contributed by atoms with Crippen molar-refractivity contribution >= 4 is 5.97 Å². The Hall–Kier alpha value is -1.90. The molecule has 0 rings (SSSR count). The molecule has 0 aromatic carbocycles. The maximum Gasteiger partial charge on any atom is 0.345 e. The Bertz CT molecular complexity index is 297. The maximum absolute atomic E-state index is 9.63. The Morgan fingerprint density at radius 1 is 1.50 bits per heavy atom. The second kappa shape index (κ2) is 13.2. The molecule has 0 spiro atoms. The number of nitriles is 1. The Balaban J connectivity index is 0. The number of hydrogen-bond acceptors (Lipinski definition) is 5. The van der Waals surface area contributed by atoms with Crippen molar-refractivity contribution in [3.63, 3.8) is 0 Å². The summed E-state index contributed by atoms with van der Waals surface area (Å²) in [6.45, 7) is 6.95. The molecule has 0 saturated heterocycles. The summed E-state index contributed by atoms with van der Waals surface area (Å²) in [6.07, 6.45) is 5.78. The normalized spacial score (nSPS) is 10.3. The van der Waals surface area contributed by atoms with Gasteiger partial charge in [0.2, 0.25) is 0 Å². The van der Waals surface area contributed by atoms with Crippen molar-refractivity contribution in [1.82, 2.24) is 0 Å². The van der Waals surface area contributed by atoms with Crippen LogP contribution in [0.1, 0.15) is 46.0 Å². The van der Waals surface area contributed by atoms with Crippen molar-refractivity contribution in [3.05, 3.63) is 17.1 Å². The van der Waals surface area contributed by atoms with Crippen LogP contribution < -0.4 is 0 Å². The van der Waals surface area contributed by atoms with E-state index in [-0.39, 0.29) is 6.10 Å². The Morgan fingerprint density at radius 3 is 2.44 bits per heavy atom. The number of unbranched alkanes of at least 4 members (excludes halogenated alkanes) is 3. The molecule has 1 N–H and O–H groups in total. The molecule has 1 atom stereocenters. The van der Waals surface area contributed by atoms with E-state index < -0.39 is 11.5 Å². The first kappa shape index (κ1) is 18.5. The third-order valence-corrected chi connectivity index (χ3v) is 2.08. The summed E-state index contributed by atoms with van der Waals surface area (Å²) in [5, 5.41) is 18.0. The van der Waals surface area contributed by atoms with E-state index >= 15 is 0 Å². The average molecular weight is 256 g/mol. The highest BCUT2D eigenvalue weighted by molar-refractivity contribution is 5.90. The summed E-state index contributed by atoms with van der Waals surface area (Å²) in [4.78, 5) is 23.7. The first-order valence-electron chi connectivity index (χ1n) is 5.80. The van der Waals surface area contributed by atoms with E-state index in [4.69, 9.17) is 10.4 Å². The standard InChI is InChI=1S/C8H17NO2.C4H3NO2/c1-3-4-5-6-7-8(2)11-9-10;1-3(2-5)4(6)7/h8H,3-7H2,1-2H3;1H2,(H,6,7). The van der Waals surface area contributed by atoms with Gasteiger partial charge in [-0.2, -0.15) is 5.26 Å². The lowest BCUT2D eigenvalue weighted by Gasteiger charge is -2.05. The number of carboxylic acid groups (broad SMARTS) is 1. The minimum Gasteiger partial charge on any atom is -0.477 e. The summed E-state index contributed by atoms with van der Waals surface area (Å²) in [5.41, 5.74) is -0.431. The fourth-order valence-electron chi connectivity index (χ4n) is 1.03. The van der Waals surface area contributed by atoms with Crippen molar-refractivity contribution in [2.75, 3.05) is 0 Å². The van der Waals surface area contributed by atoms with E-state index in [1.165, 1.54) is 25.3 Å². The topological polar surface area (TPSA) is 99.8 Å². The first-order valence-corrected chi connectivity index (χ1v) is 5.80. The fourth-order valence-corrected chi connectivity index (χ4v) is 1.03. The lowest BCUT2D eigenvalue weighted by atomic mass is 10.1. The molecule has 0 saturated carbocycles.